The fraction of sp³-hybridized carbons (Fsp3) is 0.462. The van der Waals surface area contributed by atoms with Crippen LogP contribution in [-0.4, -0.2) is 29.8 Å². The molecule has 0 aromatic heterocycles. The van der Waals surface area contributed by atoms with Crippen molar-refractivity contribution in [2.24, 2.45) is 0 Å². The standard InChI is InChI=1S/C13H17Cl2NO3/c1-3-10(17)7-16-13(18)8(2)19-12-5-4-9(14)6-11(12)15/h4-6,8,10,17H,3,7H2,1-2H3,(H,16,18). The summed E-state index contributed by atoms with van der Waals surface area (Å²) < 4.78 is 5.44. The Bertz CT molecular complexity index is 440. The number of aliphatic hydroxyl groups is 1. The van der Waals surface area contributed by atoms with E-state index in [2.05, 4.69) is 5.32 Å². The highest BCUT2D eigenvalue weighted by Gasteiger charge is 2.16. The summed E-state index contributed by atoms with van der Waals surface area (Å²) in [7, 11) is 0. The maximum Gasteiger partial charge on any atom is 0.260 e. The van der Waals surface area contributed by atoms with Gasteiger partial charge in [0.15, 0.2) is 6.10 Å². The minimum absolute atomic E-state index is 0.206. The van der Waals surface area contributed by atoms with Gasteiger partial charge < -0.3 is 15.2 Å². The smallest absolute Gasteiger partial charge is 0.260 e. The summed E-state index contributed by atoms with van der Waals surface area (Å²) in [6.07, 6.45) is -0.670. The molecule has 2 atom stereocenters. The van der Waals surface area contributed by atoms with Crippen LogP contribution in [0.4, 0.5) is 0 Å². The first-order valence-corrected chi connectivity index (χ1v) is 6.77. The molecule has 4 nitrogen and oxygen atoms in total. The average molecular weight is 306 g/mol. The lowest BCUT2D eigenvalue weighted by atomic mass is 10.2. The quantitative estimate of drug-likeness (QED) is 0.849. The van der Waals surface area contributed by atoms with E-state index in [9.17, 15) is 9.90 Å². The summed E-state index contributed by atoms with van der Waals surface area (Å²) in [5.74, 6) is 0.0864. The Morgan fingerprint density at radius 1 is 1.47 bits per heavy atom. The summed E-state index contributed by atoms with van der Waals surface area (Å²) in [6, 6.07) is 4.79. The van der Waals surface area contributed by atoms with Crippen molar-refractivity contribution in [3.05, 3.63) is 28.2 Å². The van der Waals surface area contributed by atoms with Crippen molar-refractivity contribution < 1.29 is 14.6 Å². The van der Waals surface area contributed by atoms with Crippen LogP contribution >= 0.6 is 23.2 Å². The second-order valence-corrected chi connectivity index (χ2v) is 4.99. The number of ether oxygens (including phenoxy) is 1. The van der Waals surface area contributed by atoms with E-state index in [1.165, 1.54) is 0 Å². The predicted octanol–water partition coefficient (Wildman–Crippen LogP) is 2.65. The largest absolute Gasteiger partial charge is 0.479 e. The number of carbonyl (C=O) groups excluding carboxylic acids is 1. The number of benzene rings is 1. The molecule has 0 aliphatic heterocycles. The van der Waals surface area contributed by atoms with E-state index >= 15 is 0 Å². The van der Waals surface area contributed by atoms with Crippen LogP contribution in [-0.2, 0) is 4.79 Å². The topological polar surface area (TPSA) is 58.6 Å². The zero-order valence-corrected chi connectivity index (χ0v) is 12.3. The van der Waals surface area contributed by atoms with Crippen LogP contribution in [0, 0.1) is 0 Å². The van der Waals surface area contributed by atoms with Crippen LogP contribution in [0.3, 0.4) is 0 Å². The van der Waals surface area contributed by atoms with Crippen LogP contribution in [0.1, 0.15) is 20.3 Å². The molecule has 0 aliphatic carbocycles. The van der Waals surface area contributed by atoms with E-state index in [1.54, 1.807) is 25.1 Å². The Morgan fingerprint density at radius 2 is 2.16 bits per heavy atom. The van der Waals surface area contributed by atoms with Crippen LogP contribution in [0.15, 0.2) is 18.2 Å². The third-order valence-corrected chi connectivity index (χ3v) is 3.08. The van der Waals surface area contributed by atoms with Gasteiger partial charge in [-0.25, -0.2) is 0 Å². The first kappa shape index (κ1) is 16.1. The van der Waals surface area contributed by atoms with Crippen molar-refractivity contribution in [1.29, 1.82) is 0 Å². The zero-order valence-electron chi connectivity index (χ0n) is 10.8. The van der Waals surface area contributed by atoms with Gasteiger partial charge in [0.2, 0.25) is 0 Å². The van der Waals surface area contributed by atoms with Gasteiger partial charge in [-0.2, -0.15) is 0 Å². The molecule has 1 aromatic rings. The van der Waals surface area contributed by atoms with Crippen molar-refractivity contribution in [1.82, 2.24) is 5.32 Å². The zero-order chi connectivity index (χ0) is 14.4. The molecule has 2 N–H and O–H groups in total. The van der Waals surface area contributed by atoms with E-state index < -0.39 is 12.2 Å². The lowest BCUT2D eigenvalue weighted by Crippen LogP contribution is -2.40. The molecule has 0 spiro atoms. The molecule has 2 unspecified atom stereocenters. The van der Waals surface area contributed by atoms with E-state index in [1.807, 2.05) is 6.92 Å². The van der Waals surface area contributed by atoms with Crippen molar-refractivity contribution in [3.63, 3.8) is 0 Å². The highest BCUT2D eigenvalue weighted by Crippen LogP contribution is 2.28. The molecule has 1 amide bonds. The van der Waals surface area contributed by atoms with Gasteiger partial charge >= 0.3 is 0 Å². The first-order chi connectivity index (χ1) is 8.93. The second kappa shape index (κ2) is 7.58. The molecule has 0 radical (unpaired) electrons. The minimum atomic E-state index is -0.706. The maximum atomic E-state index is 11.7. The summed E-state index contributed by atoms with van der Waals surface area (Å²) in [6.45, 7) is 3.65. The van der Waals surface area contributed by atoms with Crippen molar-refractivity contribution in [3.8, 4) is 5.75 Å². The Hall–Kier alpha value is -0.970. The predicted molar refractivity (Wildman–Crippen MR) is 75.9 cm³/mol. The third-order valence-electron chi connectivity index (χ3n) is 2.55. The van der Waals surface area contributed by atoms with E-state index in [4.69, 9.17) is 27.9 Å². The Kier molecular flexibility index (Phi) is 6.42. The molecule has 0 heterocycles. The molecule has 0 aliphatic rings. The molecule has 106 valence electrons. The number of rotatable bonds is 6. The molecular formula is C13H17Cl2NO3. The number of hydrogen-bond acceptors (Lipinski definition) is 3. The van der Waals surface area contributed by atoms with Gasteiger partial charge in [-0.05, 0) is 31.5 Å². The van der Waals surface area contributed by atoms with Gasteiger partial charge in [-0.1, -0.05) is 30.1 Å². The summed E-state index contributed by atoms with van der Waals surface area (Å²) in [5.41, 5.74) is 0. The minimum Gasteiger partial charge on any atom is -0.479 e. The van der Waals surface area contributed by atoms with Crippen LogP contribution < -0.4 is 10.1 Å². The van der Waals surface area contributed by atoms with Crippen LogP contribution in [0.25, 0.3) is 0 Å². The van der Waals surface area contributed by atoms with E-state index in [-0.39, 0.29) is 12.5 Å². The first-order valence-electron chi connectivity index (χ1n) is 6.01. The third kappa shape index (κ3) is 5.27. The number of nitrogens with one attached hydrogen (secondary N) is 1. The molecule has 19 heavy (non-hydrogen) atoms. The fourth-order valence-electron chi connectivity index (χ4n) is 1.32. The number of carbonyl (C=O) groups is 1. The van der Waals surface area contributed by atoms with Gasteiger partial charge in [0.1, 0.15) is 5.75 Å². The SMILES string of the molecule is CCC(O)CNC(=O)C(C)Oc1ccc(Cl)cc1Cl. The van der Waals surface area contributed by atoms with E-state index in [0.717, 1.165) is 0 Å². The monoisotopic (exact) mass is 305 g/mol. The molecule has 0 saturated heterocycles. The lowest BCUT2D eigenvalue weighted by Gasteiger charge is -2.16. The van der Waals surface area contributed by atoms with Crippen molar-refractivity contribution in [2.75, 3.05) is 6.54 Å². The van der Waals surface area contributed by atoms with Gasteiger partial charge in [0.05, 0.1) is 11.1 Å². The average Bonchev–Trinajstić information content (AvgIpc) is 2.38. The van der Waals surface area contributed by atoms with Gasteiger partial charge in [0, 0.05) is 11.6 Å². The summed E-state index contributed by atoms with van der Waals surface area (Å²) >= 11 is 11.7. The van der Waals surface area contributed by atoms with Crippen LogP contribution in [0.5, 0.6) is 5.75 Å². The molecule has 1 aromatic carbocycles. The Morgan fingerprint density at radius 3 is 2.74 bits per heavy atom. The van der Waals surface area contributed by atoms with Gasteiger partial charge in [-0.15, -0.1) is 0 Å². The molecule has 0 fully saturated rings. The molecule has 6 heteroatoms. The molecule has 0 bridgehead atoms. The normalized spacial score (nSPS) is 13.7. The Balaban J connectivity index is 2.54. The lowest BCUT2D eigenvalue weighted by molar-refractivity contribution is -0.127. The molecule has 1 rings (SSSR count). The second-order valence-electron chi connectivity index (χ2n) is 4.14. The molecule has 0 saturated carbocycles. The summed E-state index contributed by atoms with van der Waals surface area (Å²) in [4.78, 5) is 11.7. The number of hydrogen-bond donors (Lipinski definition) is 2. The number of halogens is 2. The highest BCUT2D eigenvalue weighted by molar-refractivity contribution is 6.35. The van der Waals surface area contributed by atoms with Crippen LogP contribution in [0.2, 0.25) is 10.0 Å². The van der Waals surface area contributed by atoms with E-state index in [0.29, 0.717) is 22.2 Å². The molecular weight excluding hydrogens is 289 g/mol. The summed E-state index contributed by atoms with van der Waals surface area (Å²) in [5, 5.41) is 12.8. The number of amides is 1. The number of aliphatic hydroxyl groups excluding tert-OH is 1. The maximum absolute atomic E-state index is 11.7. The van der Waals surface area contributed by atoms with Gasteiger partial charge in [0.25, 0.3) is 5.91 Å². The van der Waals surface area contributed by atoms with Crippen molar-refractivity contribution in [2.45, 2.75) is 32.5 Å². The fourth-order valence-corrected chi connectivity index (χ4v) is 1.77. The Labute approximate surface area is 122 Å². The highest BCUT2D eigenvalue weighted by atomic mass is 35.5. The van der Waals surface area contributed by atoms with Gasteiger partial charge in [-0.3, -0.25) is 4.79 Å². The van der Waals surface area contributed by atoms with Crippen molar-refractivity contribution >= 4 is 29.1 Å².